The van der Waals surface area contributed by atoms with Gasteiger partial charge < -0.3 is 9.84 Å². The smallest absolute Gasteiger partial charge is 0.344 e. The van der Waals surface area contributed by atoms with Crippen LogP contribution in [0.2, 0.25) is 0 Å². The van der Waals surface area contributed by atoms with Crippen molar-refractivity contribution in [3.63, 3.8) is 0 Å². The maximum absolute atomic E-state index is 10.8. The minimum absolute atomic E-state index is 0.452. The third kappa shape index (κ3) is 3.55. The van der Waals surface area contributed by atoms with E-state index in [4.69, 9.17) is 9.84 Å². The molecule has 0 heterocycles. The number of hydrogen-bond acceptors (Lipinski definition) is 2. The van der Waals surface area contributed by atoms with E-state index >= 15 is 0 Å². The van der Waals surface area contributed by atoms with Crippen molar-refractivity contribution in [3.8, 4) is 5.75 Å². The van der Waals surface area contributed by atoms with Gasteiger partial charge in [0.05, 0.1) is 0 Å². The van der Waals surface area contributed by atoms with Gasteiger partial charge in [-0.1, -0.05) is 35.0 Å². The molecule has 1 N–H and O–H groups in total. The first-order valence-electron chi connectivity index (χ1n) is 4.71. The van der Waals surface area contributed by atoms with Gasteiger partial charge in [-0.15, -0.1) is 0 Å². The number of carboxylic acids is 1. The number of halogens is 1. The topological polar surface area (TPSA) is 46.5 Å². The molecule has 0 aliphatic heterocycles. The van der Waals surface area contributed by atoms with E-state index in [-0.39, 0.29) is 0 Å². The lowest BCUT2D eigenvalue weighted by Crippen LogP contribution is -2.25. The van der Waals surface area contributed by atoms with Gasteiger partial charge in [-0.3, -0.25) is 0 Å². The van der Waals surface area contributed by atoms with Crippen molar-refractivity contribution in [2.75, 3.05) is 0 Å². The van der Waals surface area contributed by atoms with Crippen LogP contribution in [0.5, 0.6) is 5.75 Å². The molecule has 1 aromatic carbocycles. The molecule has 82 valence electrons. The van der Waals surface area contributed by atoms with Crippen LogP contribution in [0.1, 0.15) is 18.9 Å². The van der Waals surface area contributed by atoms with E-state index in [9.17, 15) is 4.79 Å². The molecule has 15 heavy (non-hydrogen) atoms. The summed E-state index contributed by atoms with van der Waals surface area (Å²) in [4.78, 5) is 10.8. The van der Waals surface area contributed by atoms with Crippen LogP contribution in [0.4, 0.5) is 0 Å². The summed E-state index contributed by atoms with van der Waals surface area (Å²) in [6.45, 7) is 1.78. The van der Waals surface area contributed by atoms with Crippen molar-refractivity contribution in [1.82, 2.24) is 0 Å². The summed E-state index contributed by atoms with van der Waals surface area (Å²) in [6, 6.07) is 7.39. The van der Waals surface area contributed by atoms with Crippen LogP contribution in [-0.4, -0.2) is 17.2 Å². The van der Waals surface area contributed by atoms with Gasteiger partial charge in [-0.2, -0.15) is 0 Å². The van der Waals surface area contributed by atoms with E-state index in [0.717, 1.165) is 10.9 Å². The standard InChI is InChI=1S/C11H13BrO3/c1-2-10(11(13)14)15-9-5-3-4-8(6-9)7-12/h3-6,10H,2,7H2,1H3,(H,13,14). The summed E-state index contributed by atoms with van der Waals surface area (Å²) < 4.78 is 5.35. The Morgan fingerprint density at radius 1 is 1.60 bits per heavy atom. The summed E-state index contributed by atoms with van der Waals surface area (Å²) in [6.07, 6.45) is -0.316. The van der Waals surface area contributed by atoms with Crippen LogP contribution < -0.4 is 4.74 Å². The molecule has 0 aromatic heterocycles. The number of carboxylic acid groups (broad SMARTS) is 1. The lowest BCUT2D eigenvalue weighted by Gasteiger charge is -2.13. The summed E-state index contributed by atoms with van der Waals surface area (Å²) in [7, 11) is 0. The average Bonchev–Trinajstić information content (AvgIpc) is 2.25. The average molecular weight is 273 g/mol. The Bertz CT molecular complexity index is 338. The third-order valence-electron chi connectivity index (χ3n) is 1.98. The van der Waals surface area contributed by atoms with Crippen molar-refractivity contribution in [2.45, 2.75) is 24.8 Å². The first-order valence-corrected chi connectivity index (χ1v) is 5.84. The van der Waals surface area contributed by atoms with Crippen LogP contribution >= 0.6 is 15.9 Å². The molecule has 0 spiro atoms. The second-order valence-electron chi connectivity index (χ2n) is 3.13. The van der Waals surface area contributed by atoms with Gasteiger partial charge in [0.15, 0.2) is 6.10 Å². The van der Waals surface area contributed by atoms with Crippen LogP contribution in [0, 0.1) is 0 Å². The number of ether oxygens (including phenoxy) is 1. The van der Waals surface area contributed by atoms with Gasteiger partial charge in [-0.25, -0.2) is 4.79 Å². The Hall–Kier alpha value is -1.03. The predicted molar refractivity (Wildman–Crippen MR) is 61.4 cm³/mol. The van der Waals surface area contributed by atoms with Crippen LogP contribution in [0.3, 0.4) is 0 Å². The van der Waals surface area contributed by atoms with E-state index in [1.54, 1.807) is 13.0 Å². The van der Waals surface area contributed by atoms with Crippen LogP contribution in [0.25, 0.3) is 0 Å². The summed E-state index contributed by atoms with van der Waals surface area (Å²) in [5.41, 5.74) is 1.06. The fourth-order valence-corrected chi connectivity index (χ4v) is 1.52. The first kappa shape index (κ1) is 12.0. The van der Waals surface area contributed by atoms with E-state index in [2.05, 4.69) is 15.9 Å². The van der Waals surface area contributed by atoms with Crippen molar-refractivity contribution in [3.05, 3.63) is 29.8 Å². The Labute approximate surface area is 97.2 Å². The largest absolute Gasteiger partial charge is 0.479 e. The first-order chi connectivity index (χ1) is 7.17. The van der Waals surface area contributed by atoms with E-state index in [1.165, 1.54) is 0 Å². The molecule has 3 nitrogen and oxygen atoms in total. The SMILES string of the molecule is CCC(Oc1cccc(CBr)c1)C(=O)O. The molecule has 1 rings (SSSR count). The quantitative estimate of drug-likeness (QED) is 0.839. The maximum atomic E-state index is 10.8. The molecular formula is C11H13BrO3. The number of rotatable bonds is 5. The molecule has 0 amide bonds. The van der Waals surface area contributed by atoms with Crippen molar-refractivity contribution < 1.29 is 14.6 Å². The molecule has 0 saturated carbocycles. The number of aliphatic carboxylic acids is 1. The van der Waals surface area contributed by atoms with Gasteiger partial charge >= 0.3 is 5.97 Å². The minimum atomic E-state index is -0.929. The Kier molecular flexibility index (Phi) is 4.62. The second kappa shape index (κ2) is 5.75. The highest BCUT2D eigenvalue weighted by Gasteiger charge is 2.16. The normalized spacial score (nSPS) is 12.1. The van der Waals surface area contributed by atoms with Crippen molar-refractivity contribution in [2.24, 2.45) is 0 Å². The fourth-order valence-electron chi connectivity index (χ4n) is 1.17. The monoisotopic (exact) mass is 272 g/mol. The zero-order chi connectivity index (χ0) is 11.3. The molecule has 0 fully saturated rings. The number of benzene rings is 1. The highest BCUT2D eigenvalue weighted by atomic mass is 79.9. The zero-order valence-electron chi connectivity index (χ0n) is 8.44. The summed E-state index contributed by atoms with van der Waals surface area (Å²) in [5.74, 6) is -0.331. The lowest BCUT2D eigenvalue weighted by molar-refractivity contribution is -0.145. The minimum Gasteiger partial charge on any atom is -0.479 e. The second-order valence-corrected chi connectivity index (χ2v) is 3.69. The van der Waals surface area contributed by atoms with Gasteiger partial charge in [0, 0.05) is 5.33 Å². The highest BCUT2D eigenvalue weighted by molar-refractivity contribution is 9.08. The lowest BCUT2D eigenvalue weighted by atomic mass is 10.2. The number of carbonyl (C=O) groups is 1. The Balaban J connectivity index is 2.74. The Morgan fingerprint density at radius 2 is 2.33 bits per heavy atom. The molecule has 0 aliphatic carbocycles. The summed E-state index contributed by atoms with van der Waals surface area (Å²) in [5, 5.41) is 9.56. The molecular weight excluding hydrogens is 260 g/mol. The molecule has 0 aliphatic rings. The molecule has 0 bridgehead atoms. The molecule has 0 radical (unpaired) electrons. The van der Waals surface area contributed by atoms with Crippen molar-refractivity contribution >= 4 is 21.9 Å². The van der Waals surface area contributed by atoms with Crippen LogP contribution in [0.15, 0.2) is 24.3 Å². The number of hydrogen-bond donors (Lipinski definition) is 1. The van der Waals surface area contributed by atoms with Gasteiger partial charge in [-0.05, 0) is 24.1 Å². The highest BCUT2D eigenvalue weighted by Crippen LogP contribution is 2.17. The number of alkyl halides is 1. The zero-order valence-corrected chi connectivity index (χ0v) is 10.0. The molecule has 4 heteroatoms. The fraction of sp³-hybridized carbons (Fsp3) is 0.364. The van der Waals surface area contributed by atoms with Crippen LogP contribution in [-0.2, 0) is 10.1 Å². The van der Waals surface area contributed by atoms with Gasteiger partial charge in [0.2, 0.25) is 0 Å². The Morgan fingerprint density at radius 3 is 2.87 bits per heavy atom. The van der Waals surface area contributed by atoms with Gasteiger partial charge in [0.1, 0.15) is 5.75 Å². The predicted octanol–water partition coefficient (Wildman–Crippen LogP) is 2.82. The van der Waals surface area contributed by atoms with E-state index in [0.29, 0.717) is 12.2 Å². The molecule has 1 aromatic rings. The van der Waals surface area contributed by atoms with E-state index < -0.39 is 12.1 Å². The molecule has 0 saturated heterocycles. The molecule has 1 unspecified atom stereocenters. The summed E-state index contributed by atoms with van der Waals surface area (Å²) >= 11 is 3.33. The van der Waals surface area contributed by atoms with Gasteiger partial charge in [0.25, 0.3) is 0 Å². The molecule has 1 atom stereocenters. The van der Waals surface area contributed by atoms with Crippen molar-refractivity contribution in [1.29, 1.82) is 0 Å². The van der Waals surface area contributed by atoms with E-state index in [1.807, 2.05) is 18.2 Å². The third-order valence-corrected chi connectivity index (χ3v) is 2.62. The maximum Gasteiger partial charge on any atom is 0.344 e.